The minimum Gasteiger partial charge on any atom is -0.468 e. The van der Waals surface area contributed by atoms with Crippen LogP contribution in [0.2, 0.25) is 5.02 Å². The first-order chi connectivity index (χ1) is 9.10. The third-order valence-corrected chi connectivity index (χ3v) is 3.58. The Bertz CT molecular complexity index is 538. The lowest BCUT2D eigenvalue weighted by atomic mass is 10.1. The normalized spacial score (nSPS) is 12.9. The van der Waals surface area contributed by atoms with Crippen molar-refractivity contribution in [2.75, 3.05) is 7.05 Å². The summed E-state index contributed by atoms with van der Waals surface area (Å²) in [5, 5.41) is 0.765. The summed E-state index contributed by atoms with van der Waals surface area (Å²) in [6.07, 6.45) is 1.72. The van der Waals surface area contributed by atoms with Crippen LogP contribution < -0.4 is 5.73 Å². The molecule has 3 nitrogen and oxygen atoms in total. The van der Waals surface area contributed by atoms with Crippen molar-refractivity contribution in [2.45, 2.75) is 26.1 Å². The molecule has 0 aliphatic rings. The Hall–Kier alpha value is -1.29. The maximum Gasteiger partial charge on any atom is 0.118 e. The van der Waals surface area contributed by atoms with Gasteiger partial charge in [-0.1, -0.05) is 23.7 Å². The lowest BCUT2D eigenvalue weighted by molar-refractivity contribution is 0.232. The second-order valence-electron chi connectivity index (χ2n) is 4.77. The molecule has 0 spiro atoms. The Morgan fingerprint density at radius 2 is 2.16 bits per heavy atom. The molecule has 0 saturated heterocycles. The largest absolute Gasteiger partial charge is 0.468 e. The molecule has 1 aromatic heterocycles. The number of nitrogens with zero attached hydrogens (tertiary/aromatic N) is 1. The minimum absolute atomic E-state index is 0.269. The van der Waals surface area contributed by atoms with Gasteiger partial charge in [0.1, 0.15) is 5.76 Å². The molecule has 2 rings (SSSR count). The SMILES string of the molecule is CC(c1cccc(Cl)c1)N(C)Cc1cc(CN)co1. The third kappa shape index (κ3) is 3.60. The molecule has 0 radical (unpaired) electrons. The summed E-state index contributed by atoms with van der Waals surface area (Å²) in [7, 11) is 2.07. The summed E-state index contributed by atoms with van der Waals surface area (Å²) < 4.78 is 5.49. The Kier molecular flexibility index (Phi) is 4.64. The molecule has 2 N–H and O–H groups in total. The van der Waals surface area contributed by atoms with Crippen molar-refractivity contribution in [3.63, 3.8) is 0 Å². The highest BCUT2D eigenvalue weighted by atomic mass is 35.5. The summed E-state index contributed by atoms with van der Waals surface area (Å²) >= 11 is 6.03. The molecule has 0 aliphatic heterocycles. The van der Waals surface area contributed by atoms with Gasteiger partial charge < -0.3 is 10.2 Å². The van der Waals surface area contributed by atoms with E-state index < -0.39 is 0 Å². The lowest BCUT2D eigenvalue weighted by Crippen LogP contribution is -2.21. The highest BCUT2D eigenvalue weighted by Gasteiger charge is 2.14. The van der Waals surface area contributed by atoms with Crippen molar-refractivity contribution in [3.8, 4) is 0 Å². The van der Waals surface area contributed by atoms with E-state index in [1.165, 1.54) is 5.56 Å². The molecule has 0 aliphatic carbocycles. The maximum absolute atomic E-state index is 6.03. The molecular weight excluding hydrogens is 260 g/mol. The number of hydrogen-bond donors (Lipinski definition) is 1. The fourth-order valence-electron chi connectivity index (χ4n) is 2.02. The van der Waals surface area contributed by atoms with Crippen molar-refractivity contribution in [1.29, 1.82) is 0 Å². The molecule has 0 bridgehead atoms. The van der Waals surface area contributed by atoms with E-state index in [0.29, 0.717) is 6.54 Å². The Balaban J connectivity index is 2.04. The first-order valence-corrected chi connectivity index (χ1v) is 6.70. The predicted molar refractivity (Wildman–Crippen MR) is 77.9 cm³/mol. The number of halogens is 1. The van der Waals surface area contributed by atoms with E-state index in [1.54, 1.807) is 6.26 Å². The van der Waals surface area contributed by atoms with Crippen LogP contribution in [0.15, 0.2) is 41.0 Å². The van der Waals surface area contributed by atoms with Gasteiger partial charge in [-0.15, -0.1) is 0 Å². The molecule has 1 heterocycles. The van der Waals surface area contributed by atoms with Crippen molar-refractivity contribution in [2.24, 2.45) is 5.73 Å². The van der Waals surface area contributed by atoms with E-state index >= 15 is 0 Å². The lowest BCUT2D eigenvalue weighted by Gasteiger charge is -2.24. The van der Waals surface area contributed by atoms with Crippen LogP contribution in [0, 0.1) is 0 Å². The quantitative estimate of drug-likeness (QED) is 0.909. The molecule has 102 valence electrons. The molecular formula is C15H19ClN2O. The van der Waals surface area contributed by atoms with Gasteiger partial charge in [-0.3, -0.25) is 4.90 Å². The fourth-order valence-corrected chi connectivity index (χ4v) is 2.22. The van der Waals surface area contributed by atoms with Gasteiger partial charge in [-0.2, -0.15) is 0 Å². The number of nitrogens with two attached hydrogens (primary N) is 1. The molecule has 1 atom stereocenters. The molecule has 4 heteroatoms. The van der Waals surface area contributed by atoms with E-state index in [2.05, 4.69) is 24.9 Å². The number of hydrogen-bond acceptors (Lipinski definition) is 3. The first-order valence-electron chi connectivity index (χ1n) is 6.32. The maximum atomic E-state index is 6.03. The van der Waals surface area contributed by atoms with Crippen molar-refractivity contribution >= 4 is 11.6 Å². The third-order valence-electron chi connectivity index (χ3n) is 3.34. The monoisotopic (exact) mass is 278 g/mol. The summed E-state index contributed by atoms with van der Waals surface area (Å²) in [4.78, 5) is 2.21. The van der Waals surface area contributed by atoms with E-state index in [0.717, 1.165) is 22.9 Å². The number of rotatable bonds is 5. The van der Waals surface area contributed by atoms with Crippen molar-refractivity contribution in [1.82, 2.24) is 4.90 Å². The molecule has 2 aromatic rings. The Labute approximate surface area is 119 Å². The molecule has 1 unspecified atom stereocenters. The van der Waals surface area contributed by atoms with Gasteiger partial charge in [0.25, 0.3) is 0 Å². The molecule has 1 aromatic carbocycles. The molecule has 0 fully saturated rings. The summed E-state index contributed by atoms with van der Waals surface area (Å²) in [5.74, 6) is 0.928. The highest BCUT2D eigenvalue weighted by molar-refractivity contribution is 6.30. The topological polar surface area (TPSA) is 42.4 Å². The smallest absolute Gasteiger partial charge is 0.118 e. The average molecular weight is 279 g/mol. The van der Waals surface area contributed by atoms with Crippen LogP contribution in [0.3, 0.4) is 0 Å². The standard InChI is InChI=1S/C15H19ClN2O/c1-11(13-4-3-5-14(16)7-13)18(2)9-15-6-12(8-17)10-19-15/h3-7,10-11H,8-9,17H2,1-2H3. The average Bonchev–Trinajstić information content (AvgIpc) is 2.85. The van der Waals surface area contributed by atoms with Gasteiger partial charge in [0, 0.05) is 23.2 Å². The molecule has 19 heavy (non-hydrogen) atoms. The van der Waals surface area contributed by atoms with Crippen molar-refractivity contribution in [3.05, 3.63) is 58.5 Å². The van der Waals surface area contributed by atoms with Crippen LogP contribution in [0.4, 0.5) is 0 Å². The van der Waals surface area contributed by atoms with Crippen LogP contribution in [0.1, 0.15) is 29.9 Å². The Morgan fingerprint density at radius 3 is 2.79 bits per heavy atom. The number of benzene rings is 1. The van der Waals surface area contributed by atoms with Gasteiger partial charge in [0.15, 0.2) is 0 Å². The van der Waals surface area contributed by atoms with Gasteiger partial charge >= 0.3 is 0 Å². The second kappa shape index (κ2) is 6.24. The van der Waals surface area contributed by atoms with E-state index in [4.69, 9.17) is 21.8 Å². The Morgan fingerprint density at radius 1 is 1.37 bits per heavy atom. The van der Waals surface area contributed by atoms with Gasteiger partial charge in [0.05, 0.1) is 12.8 Å². The number of furan rings is 1. The van der Waals surface area contributed by atoms with E-state index in [-0.39, 0.29) is 6.04 Å². The van der Waals surface area contributed by atoms with Gasteiger partial charge in [-0.05, 0) is 37.7 Å². The van der Waals surface area contributed by atoms with Crippen LogP contribution in [-0.2, 0) is 13.1 Å². The fraction of sp³-hybridized carbons (Fsp3) is 0.333. The zero-order valence-corrected chi connectivity index (χ0v) is 12.0. The van der Waals surface area contributed by atoms with Crippen LogP contribution in [0.25, 0.3) is 0 Å². The summed E-state index contributed by atoms with van der Waals surface area (Å²) in [5.41, 5.74) is 7.79. The van der Waals surface area contributed by atoms with Gasteiger partial charge in [-0.25, -0.2) is 0 Å². The first kappa shape index (κ1) is 14.1. The second-order valence-corrected chi connectivity index (χ2v) is 5.21. The van der Waals surface area contributed by atoms with E-state index in [9.17, 15) is 0 Å². The zero-order valence-electron chi connectivity index (χ0n) is 11.3. The van der Waals surface area contributed by atoms with Gasteiger partial charge in [0.2, 0.25) is 0 Å². The zero-order chi connectivity index (χ0) is 13.8. The minimum atomic E-state index is 0.269. The van der Waals surface area contributed by atoms with Crippen LogP contribution in [0.5, 0.6) is 0 Å². The predicted octanol–water partition coefficient (Wildman–Crippen LogP) is 3.58. The van der Waals surface area contributed by atoms with Crippen LogP contribution in [-0.4, -0.2) is 11.9 Å². The molecule has 0 amide bonds. The molecule has 0 saturated carbocycles. The van der Waals surface area contributed by atoms with Crippen LogP contribution >= 0.6 is 11.6 Å². The summed E-state index contributed by atoms with van der Waals surface area (Å²) in [6, 6.07) is 10.2. The summed E-state index contributed by atoms with van der Waals surface area (Å²) in [6.45, 7) is 3.41. The van der Waals surface area contributed by atoms with E-state index in [1.807, 2.05) is 24.3 Å². The highest BCUT2D eigenvalue weighted by Crippen LogP contribution is 2.23. The van der Waals surface area contributed by atoms with Crippen molar-refractivity contribution < 1.29 is 4.42 Å².